The van der Waals surface area contributed by atoms with Crippen LogP contribution in [-0.2, 0) is 14.3 Å². The van der Waals surface area contributed by atoms with Crippen LogP contribution >= 0.6 is 0 Å². The number of carbonyl (C=O) groups is 2. The molecule has 1 fully saturated rings. The fraction of sp³-hybridized carbons (Fsp3) is 0.846. The molecule has 1 atom stereocenters. The first-order valence-corrected chi connectivity index (χ1v) is 6.73. The number of nitrogens with zero attached hydrogens (tertiary/aromatic N) is 1. The van der Waals surface area contributed by atoms with Crippen LogP contribution < -0.4 is 5.32 Å². The van der Waals surface area contributed by atoms with E-state index in [1.54, 1.807) is 4.90 Å². The lowest BCUT2D eigenvalue weighted by molar-refractivity contribution is -0.138. The van der Waals surface area contributed by atoms with E-state index in [2.05, 4.69) is 12.2 Å². The van der Waals surface area contributed by atoms with E-state index >= 15 is 0 Å². The summed E-state index contributed by atoms with van der Waals surface area (Å²) in [5.41, 5.74) is 0. The molecule has 0 bridgehead atoms. The molecule has 1 aliphatic heterocycles. The number of nitrogens with one attached hydrogen (secondary N) is 1. The minimum absolute atomic E-state index is 0.0245. The zero-order valence-corrected chi connectivity index (χ0v) is 11.4. The van der Waals surface area contributed by atoms with Gasteiger partial charge in [0.15, 0.2) is 0 Å². The van der Waals surface area contributed by atoms with Crippen molar-refractivity contribution < 1.29 is 14.3 Å². The minimum atomic E-state index is -0.0589. The Morgan fingerprint density at radius 1 is 1.44 bits per heavy atom. The zero-order chi connectivity index (χ0) is 13.4. The highest BCUT2D eigenvalue weighted by atomic mass is 16.5. The van der Waals surface area contributed by atoms with E-state index in [-0.39, 0.29) is 24.3 Å². The lowest BCUT2D eigenvalue weighted by Crippen LogP contribution is -2.46. The maximum atomic E-state index is 11.9. The molecule has 1 aliphatic rings. The van der Waals surface area contributed by atoms with Crippen LogP contribution in [0, 0.1) is 5.92 Å². The quantitative estimate of drug-likeness (QED) is 0.715. The molecule has 0 aromatic heterocycles. The SMILES string of the molecule is CCCCNC(=O)C1CCCN(C(=O)COC)C1. The molecule has 1 saturated heterocycles. The number of amides is 2. The zero-order valence-electron chi connectivity index (χ0n) is 11.4. The first kappa shape index (κ1) is 15.0. The molecule has 1 rings (SSSR count). The molecule has 0 aromatic rings. The van der Waals surface area contributed by atoms with Crippen LogP contribution in [0.2, 0.25) is 0 Å². The Balaban J connectivity index is 2.38. The fourth-order valence-electron chi connectivity index (χ4n) is 2.17. The van der Waals surface area contributed by atoms with E-state index in [0.29, 0.717) is 6.54 Å². The van der Waals surface area contributed by atoms with Crippen LogP contribution in [0.5, 0.6) is 0 Å². The maximum absolute atomic E-state index is 11.9. The van der Waals surface area contributed by atoms with E-state index in [9.17, 15) is 9.59 Å². The Bertz CT molecular complexity index is 281. The molecule has 0 aliphatic carbocycles. The highest BCUT2D eigenvalue weighted by Gasteiger charge is 2.27. The molecule has 0 spiro atoms. The Morgan fingerprint density at radius 2 is 2.22 bits per heavy atom. The van der Waals surface area contributed by atoms with Gasteiger partial charge < -0.3 is 15.0 Å². The van der Waals surface area contributed by atoms with Crippen molar-refractivity contribution in [2.75, 3.05) is 33.4 Å². The van der Waals surface area contributed by atoms with Gasteiger partial charge in [-0.3, -0.25) is 9.59 Å². The van der Waals surface area contributed by atoms with Gasteiger partial charge in [0.05, 0.1) is 5.92 Å². The van der Waals surface area contributed by atoms with Gasteiger partial charge in [-0.25, -0.2) is 0 Å². The Labute approximate surface area is 109 Å². The number of rotatable bonds is 6. The summed E-state index contributed by atoms with van der Waals surface area (Å²) in [5, 5.41) is 2.94. The largest absolute Gasteiger partial charge is 0.375 e. The van der Waals surface area contributed by atoms with Crippen molar-refractivity contribution in [3.8, 4) is 0 Å². The maximum Gasteiger partial charge on any atom is 0.248 e. The molecule has 2 amide bonds. The Kier molecular flexibility index (Phi) is 6.72. The lowest BCUT2D eigenvalue weighted by Gasteiger charge is -2.31. The third-order valence-electron chi connectivity index (χ3n) is 3.24. The molecule has 5 heteroatoms. The number of ether oxygens (including phenoxy) is 1. The van der Waals surface area contributed by atoms with Crippen molar-refractivity contribution in [1.82, 2.24) is 10.2 Å². The van der Waals surface area contributed by atoms with Gasteiger partial charge in [-0.05, 0) is 19.3 Å². The van der Waals surface area contributed by atoms with E-state index < -0.39 is 0 Å². The topological polar surface area (TPSA) is 58.6 Å². The number of hydrogen-bond acceptors (Lipinski definition) is 3. The average Bonchev–Trinajstić information content (AvgIpc) is 2.39. The van der Waals surface area contributed by atoms with Crippen molar-refractivity contribution in [2.45, 2.75) is 32.6 Å². The normalized spacial score (nSPS) is 19.7. The first-order chi connectivity index (χ1) is 8.69. The minimum Gasteiger partial charge on any atom is -0.375 e. The molecule has 0 saturated carbocycles. The third kappa shape index (κ3) is 4.64. The van der Waals surface area contributed by atoms with Crippen molar-refractivity contribution in [2.24, 2.45) is 5.92 Å². The van der Waals surface area contributed by atoms with Crippen LogP contribution in [0.3, 0.4) is 0 Å². The van der Waals surface area contributed by atoms with Crippen molar-refractivity contribution >= 4 is 11.8 Å². The van der Waals surface area contributed by atoms with Gasteiger partial charge in [0.1, 0.15) is 6.61 Å². The molecular formula is C13H24N2O3. The number of piperidine rings is 1. The van der Waals surface area contributed by atoms with Gasteiger partial charge in [0.25, 0.3) is 0 Å². The summed E-state index contributed by atoms with van der Waals surface area (Å²) in [6, 6.07) is 0. The highest BCUT2D eigenvalue weighted by molar-refractivity contribution is 5.81. The van der Waals surface area contributed by atoms with Crippen LogP contribution in [-0.4, -0.2) is 50.1 Å². The van der Waals surface area contributed by atoms with E-state index in [4.69, 9.17) is 4.74 Å². The second-order valence-electron chi connectivity index (χ2n) is 4.76. The van der Waals surface area contributed by atoms with E-state index in [1.807, 2.05) is 0 Å². The molecule has 1 heterocycles. The summed E-state index contributed by atoms with van der Waals surface area (Å²) >= 11 is 0. The van der Waals surface area contributed by atoms with Crippen LogP contribution in [0.1, 0.15) is 32.6 Å². The predicted molar refractivity (Wildman–Crippen MR) is 69.1 cm³/mol. The lowest BCUT2D eigenvalue weighted by atomic mass is 9.97. The molecule has 0 radical (unpaired) electrons. The molecule has 18 heavy (non-hydrogen) atoms. The van der Waals surface area contributed by atoms with Gasteiger partial charge in [-0.1, -0.05) is 13.3 Å². The molecule has 0 aromatic carbocycles. The standard InChI is InChI=1S/C13H24N2O3/c1-3-4-7-14-13(17)11-6-5-8-15(9-11)12(16)10-18-2/h11H,3-10H2,1-2H3,(H,14,17). The van der Waals surface area contributed by atoms with E-state index in [0.717, 1.165) is 38.8 Å². The molecule has 1 unspecified atom stereocenters. The second kappa shape index (κ2) is 8.08. The summed E-state index contributed by atoms with van der Waals surface area (Å²) in [5.74, 6) is -0.00154. The Morgan fingerprint density at radius 3 is 2.89 bits per heavy atom. The molecule has 104 valence electrons. The number of methoxy groups -OCH3 is 1. The summed E-state index contributed by atoms with van der Waals surface area (Å²) < 4.78 is 4.84. The first-order valence-electron chi connectivity index (χ1n) is 6.73. The van der Waals surface area contributed by atoms with Gasteiger partial charge in [-0.15, -0.1) is 0 Å². The highest BCUT2D eigenvalue weighted by Crippen LogP contribution is 2.16. The molecule has 1 N–H and O–H groups in total. The van der Waals surface area contributed by atoms with Gasteiger partial charge in [0, 0.05) is 26.7 Å². The number of carbonyl (C=O) groups excluding carboxylic acids is 2. The summed E-state index contributed by atoms with van der Waals surface area (Å²) in [4.78, 5) is 25.3. The fourth-order valence-corrected chi connectivity index (χ4v) is 2.17. The van der Waals surface area contributed by atoms with E-state index in [1.165, 1.54) is 7.11 Å². The number of unbranched alkanes of at least 4 members (excludes halogenated alkanes) is 1. The van der Waals surface area contributed by atoms with Crippen molar-refractivity contribution in [3.63, 3.8) is 0 Å². The number of likely N-dealkylation sites (tertiary alicyclic amines) is 1. The third-order valence-corrected chi connectivity index (χ3v) is 3.24. The number of hydrogen-bond donors (Lipinski definition) is 1. The Hall–Kier alpha value is -1.10. The van der Waals surface area contributed by atoms with Gasteiger partial charge in [-0.2, -0.15) is 0 Å². The van der Waals surface area contributed by atoms with Gasteiger partial charge >= 0.3 is 0 Å². The predicted octanol–water partition coefficient (Wildman–Crippen LogP) is 0.788. The summed E-state index contributed by atoms with van der Waals surface area (Å²) in [6.45, 7) is 4.20. The smallest absolute Gasteiger partial charge is 0.248 e. The van der Waals surface area contributed by atoms with Crippen LogP contribution in [0.25, 0.3) is 0 Å². The van der Waals surface area contributed by atoms with Crippen molar-refractivity contribution in [1.29, 1.82) is 0 Å². The monoisotopic (exact) mass is 256 g/mol. The van der Waals surface area contributed by atoms with Crippen LogP contribution in [0.15, 0.2) is 0 Å². The average molecular weight is 256 g/mol. The van der Waals surface area contributed by atoms with Crippen LogP contribution in [0.4, 0.5) is 0 Å². The summed E-state index contributed by atoms with van der Waals surface area (Å²) in [6.07, 6.45) is 3.84. The molecule has 5 nitrogen and oxygen atoms in total. The second-order valence-corrected chi connectivity index (χ2v) is 4.76. The van der Waals surface area contributed by atoms with Crippen molar-refractivity contribution in [3.05, 3.63) is 0 Å². The summed E-state index contributed by atoms with van der Waals surface area (Å²) in [7, 11) is 1.51. The van der Waals surface area contributed by atoms with Gasteiger partial charge in [0.2, 0.25) is 11.8 Å². The molecular weight excluding hydrogens is 232 g/mol.